The van der Waals surface area contributed by atoms with Crippen LogP contribution >= 0.6 is 11.6 Å². The Morgan fingerprint density at radius 3 is 2.71 bits per heavy atom. The largest absolute Gasteiger partial charge is 0.480 e. The molecule has 1 rings (SSSR count). The summed E-state index contributed by atoms with van der Waals surface area (Å²) in [4.78, 5) is 10.8. The van der Waals surface area contributed by atoms with E-state index >= 15 is 0 Å². The van der Waals surface area contributed by atoms with Crippen LogP contribution in [0.4, 0.5) is 4.39 Å². The topological polar surface area (TPSA) is 54.4 Å². The molecular formula is C11H12ClFO3S. The van der Waals surface area contributed by atoms with E-state index in [1.54, 1.807) is 6.92 Å². The molecule has 2 unspecified atom stereocenters. The first kappa shape index (κ1) is 14.1. The second-order valence-corrected chi connectivity index (χ2v) is 5.49. The minimum Gasteiger partial charge on any atom is -0.480 e. The molecule has 0 bridgehead atoms. The van der Waals surface area contributed by atoms with Crippen molar-refractivity contribution in [1.29, 1.82) is 0 Å². The number of hydrogen-bond acceptors (Lipinski definition) is 2. The molecule has 0 aliphatic rings. The maximum Gasteiger partial charge on any atom is 0.319 e. The van der Waals surface area contributed by atoms with Gasteiger partial charge in [0.05, 0.1) is 5.75 Å². The molecule has 1 aromatic carbocycles. The molecule has 6 heteroatoms. The number of rotatable bonds is 5. The van der Waals surface area contributed by atoms with Gasteiger partial charge in [-0.05, 0) is 18.6 Å². The highest BCUT2D eigenvalue weighted by molar-refractivity contribution is 7.85. The Kier molecular flexibility index (Phi) is 5.08. The highest BCUT2D eigenvalue weighted by Crippen LogP contribution is 2.22. The van der Waals surface area contributed by atoms with Gasteiger partial charge in [-0.15, -0.1) is 0 Å². The molecule has 2 atom stereocenters. The summed E-state index contributed by atoms with van der Waals surface area (Å²) in [7, 11) is -1.68. The number of carbonyl (C=O) groups is 1. The van der Waals surface area contributed by atoms with Crippen LogP contribution in [0, 0.1) is 5.82 Å². The summed E-state index contributed by atoms with van der Waals surface area (Å²) in [5, 5.41) is 8.01. The standard InChI is InChI=1S/C11H12ClFO3S/c1-2-10(11(14)15)17(16)6-7-8(12)4-3-5-9(7)13/h3-5,10H,2,6H2,1H3,(H,14,15). The lowest BCUT2D eigenvalue weighted by molar-refractivity contribution is -0.136. The summed E-state index contributed by atoms with van der Waals surface area (Å²) in [5.41, 5.74) is 0.104. The van der Waals surface area contributed by atoms with E-state index in [1.165, 1.54) is 18.2 Å². The fourth-order valence-electron chi connectivity index (χ4n) is 1.39. The fourth-order valence-corrected chi connectivity index (χ4v) is 3.07. The molecule has 0 saturated heterocycles. The minimum atomic E-state index is -1.68. The van der Waals surface area contributed by atoms with Crippen molar-refractivity contribution in [3.05, 3.63) is 34.6 Å². The molecule has 0 aliphatic heterocycles. The first-order valence-electron chi connectivity index (χ1n) is 5.00. The number of aliphatic carboxylic acids is 1. The van der Waals surface area contributed by atoms with Crippen LogP contribution in [-0.4, -0.2) is 20.5 Å². The van der Waals surface area contributed by atoms with E-state index in [2.05, 4.69) is 0 Å². The summed E-state index contributed by atoms with van der Waals surface area (Å²) >= 11 is 5.78. The quantitative estimate of drug-likeness (QED) is 0.901. The molecule has 3 nitrogen and oxygen atoms in total. The van der Waals surface area contributed by atoms with Crippen molar-refractivity contribution in [2.45, 2.75) is 24.3 Å². The third-order valence-corrected chi connectivity index (χ3v) is 4.41. The summed E-state index contributed by atoms with van der Waals surface area (Å²) in [6.07, 6.45) is 0.230. The molecule has 1 aromatic rings. The zero-order valence-corrected chi connectivity index (χ0v) is 10.7. The predicted molar refractivity (Wildman–Crippen MR) is 65.0 cm³/mol. The molecule has 0 aliphatic carbocycles. The maximum atomic E-state index is 13.4. The Morgan fingerprint density at radius 2 is 2.24 bits per heavy atom. The SMILES string of the molecule is CCC(C(=O)O)S(=O)Cc1c(F)cccc1Cl. The Bertz CT molecular complexity index is 430. The van der Waals surface area contributed by atoms with E-state index in [9.17, 15) is 13.4 Å². The van der Waals surface area contributed by atoms with Gasteiger partial charge in [0, 0.05) is 21.4 Å². The highest BCUT2D eigenvalue weighted by Gasteiger charge is 2.24. The van der Waals surface area contributed by atoms with Gasteiger partial charge in [-0.25, -0.2) is 4.39 Å². The van der Waals surface area contributed by atoms with Crippen molar-refractivity contribution in [1.82, 2.24) is 0 Å². The van der Waals surface area contributed by atoms with Crippen molar-refractivity contribution >= 4 is 28.4 Å². The molecule has 0 fully saturated rings. The van der Waals surface area contributed by atoms with Gasteiger partial charge in [-0.3, -0.25) is 9.00 Å². The molecule has 0 saturated carbocycles. The normalized spacial score (nSPS) is 14.3. The Balaban J connectivity index is 2.91. The van der Waals surface area contributed by atoms with Crippen molar-refractivity contribution in [3.63, 3.8) is 0 Å². The van der Waals surface area contributed by atoms with Crippen LogP contribution in [0.5, 0.6) is 0 Å². The van der Waals surface area contributed by atoms with Crippen LogP contribution < -0.4 is 0 Å². The molecule has 1 N–H and O–H groups in total. The van der Waals surface area contributed by atoms with E-state index < -0.39 is 27.8 Å². The number of halogens is 2. The van der Waals surface area contributed by atoms with Gasteiger partial charge in [0.1, 0.15) is 11.1 Å². The van der Waals surface area contributed by atoms with Gasteiger partial charge < -0.3 is 5.11 Å². The maximum absolute atomic E-state index is 13.4. The molecular weight excluding hydrogens is 267 g/mol. The Hall–Kier alpha value is -0.940. The third kappa shape index (κ3) is 3.51. The monoisotopic (exact) mass is 278 g/mol. The molecule has 0 amide bonds. The van der Waals surface area contributed by atoms with Gasteiger partial charge in [-0.2, -0.15) is 0 Å². The van der Waals surface area contributed by atoms with E-state index in [4.69, 9.17) is 16.7 Å². The van der Waals surface area contributed by atoms with Gasteiger partial charge >= 0.3 is 5.97 Å². The van der Waals surface area contributed by atoms with Crippen molar-refractivity contribution in [2.24, 2.45) is 0 Å². The number of benzene rings is 1. The Labute approximate surface area is 106 Å². The number of carboxylic acids is 1. The molecule has 0 radical (unpaired) electrons. The highest BCUT2D eigenvalue weighted by atomic mass is 35.5. The summed E-state index contributed by atoms with van der Waals surface area (Å²) in [6.45, 7) is 1.62. The van der Waals surface area contributed by atoms with Gasteiger partial charge in [0.25, 0.3) is 0 Å². The van der Waals surface area contributed by atoms with Crippen molar-refractivity contribution in [2.75, 3.05) is 0 Å². The summed E-state index contributed by atoms with van der Waals surface area (Å²) in [5.74, 6) is -1.89. The van der Waals surface area contributed by atoms with Gasteiger partial charge in [0.15, 0.2) is 0 Å². The lowest BCUT2D eigenvalue weighted by Gasteiger charge is -2.11. The average molecular weight is 279 g/mol. The molecule has 0 heterocycles. The lowest BCUT2D eigenvalue weighted by atomic mass is 10.2. The van der Waals surface area contributed by atoms with Crippen LogP contribution in [0.1, 0.15) is 18.9 Å². The first-order valence-corrected chi connectivity index (χ1v) is 6.76. The van der Waals surface area contributed by atoms with Crippen molar-refractivity contribution < 1.29 is 18.5 Å². The summed E-state index contributed by atoms with van der Waals surface area (Å²) < 4.78 is 25.2. The number of carboxylic acid groups (broad SMARTS) is 1. The van der Waals surface area contributed by atoms with E-state index in [-0.39, 0.29) is 22.8 Å². The first-order chi connectivity index (χ1) is 7.97. The average Bonchev–Trinajstić information content (AvgIpc) is 2.24. The van der Waals surface area contributed by atoms with Crippen LogP contribution in [0.15, 0.2) is 18.2 Å². The zero-order chi connectivity index (χ0) is 13.0. The molecule has 0 spiro atoms. The number of hydrogen-bond donors (Lipinski definition) is 1. The van der Waals surface area contributed by atoms with E-state index in [0.29, 0.717) is 0 Å². The minimum absolute atomic E-state index is 0.104. The van der Waals surface area contributed by atoms with Crippen LogP contribution in [0.25, 0.3) is 0 Å². The predicted octanol–water partition coefficient (Wildman–Crippen LogP) is 2.59. The van der Waals surface area contributed by atoms with Gasteiger partial charge in [0.2, 0.25) is 0 Å². The fraction of sp³-hybridized carbons (Fsp3) is 0.364. The van der Waals surface area contributed by atoms with Gasteiger partial charge in [-0.1, -0.05) is 24.6 Å². The van der Waals surface area contributed by atoms with E-state index in [0.717, 1.165) is 0 Å². The third-order valence-electron chi connectivity index (χ3n) is 2.31. The molecule has 94 valence electrons. The van der Waals surface area contributed by atoms with Crippen LogP contribution in [0.3, 0.4) is 0 Å². The second kappa shape index (κ2) is 6.12. The Morgan fingerprint density at radius 1 is 1.59 bits per heavy atom. The smallest absolute Gasteiger partial charge is 0.319 e. The summed E-state index contributed by atoms with van der Waals surface area (Å²) in [6, 6.07) is 4.14. The molecule has 17 heavy (non-hydrogen) atoms. The molecule has 0 aromatic heterocycles. The lowest BCUT2D eigenvalue weighted by Crippen LogP contribution is -2.26. The zero-order valence-electron chi connectivity index (χ0n) is 9.15. The van der Waals surface area contributed by atoms with E-state index in [1.807, 2.05) is 0 Å². The van der Waals surface area contributed by atoms with Crippen molar-refractivity contribution in [3.8, 4) is 0 Å². The van der Waals surface area contributed by atoms with Crippen LogP contribution in [-0.2, 0) is 21.3 Å². The van der Waals surface area contributed by atoms with Crippen LogP contribution in [0.2, 0.25) is 5.02 Å². The second-order valence-electron chi connectivity index (χ2n) is 3.46.